The number of unbranched alkanes of at least 4 members (excludes halogenated alkanes) is 33. The monoisotopic (exact) mass is 1190 g/mol. The number of phosphoric acid groups is 1. The van der Waals surface area contributed by atoms with Crippen LogP contribution in [0.3, 0.4) is 0 Å². The maximum absolute atomic E-state index is 13.6. The number of phosphoric ester groups is 1. The van der Waals surface area contributed by atoms with Crippen molar-refractivity contribution >= 4 is 19.7 Å². The minimum absolute atomic E-state index is 0.0277. The molecule has 0 saturated carbocycles. The molecule has 0 aliphatic heterocycles. The molecule has 1 N–H and O–H groups in total. The molecule has 10 heteroatoms. The van der Waals surface area contributed by atoms with Gasteiger partial charge in [-0.05, 0) is 109 Å². The molecule has 0 aliphatic carbocycles. The van der Waals surface area contributed by atoms with Crippen molar-refractivity contribution in [1.82, 2.24) is 5.32 Å². The first kappa shape index (κ1) is 80.9. The molecule has 0 aromatic carbocycles. The lowest BCUT2D eigenvalue weighted by molar-refractivity contribution is -0.870. The van der Waals surface area contributed by atoms with Crippen LogP contribution in [0.5, 0.6) is 0 Å². The summed E-state index contributed by atoms with van der Waals surface area (Å²) < 4.78 is 30.4. The lowest BCUT2D eigenvalue weighted by Crippen LogP contribution is -2.47. The average Bonchev–Trinajstić information content (AvgIpc) is 3.64. The number of amides is 1. The Kier molecular flexibility index (Phi) is 60.7. The molecule has 0 heterocycles. The maximum Gasteiger partial charge on any atom is 0.306 e. The number of carbonyl (C=O) groups excluding carboxylic acids is 2. The summed E-state index contributed by atoms with van der Waals surface area (Å²) in [6.45, 7) is 6.74. The highest BCUT2D eigenvalue weighted by molar-refractivity contribution is 7.45. The van der Waals surface area contributed by atoms with Crippen molar-refractivity contribution in [3.05, 3.63) is 97.2 Å². The largest absolute Gasteiger partial charge is 0.756 e. The van der Waals surface area contributed by atoms with Gasteiger partial charge in [-0.25, -0.2) is 0 Å². The van der Waals surface area contributed by atoms with Gasteiger partial charge in [-0.1, -0.05) is 285 Å². The van der Waals surface area contributed by atoms with Crippen LogP contribution < -0.4 is 10.2 Å². The van der Waals surface area contributed by atoms with E-state index >= 15 is 0 Å². The fraction of sp³-hybridized carbons (Fsp3) is 0.757. The Morgan fingerprint density at radius 1 is 0.429 bits per heavy atom. The van der Waals surface area contributed by atoms with Gasteiger partial charge < -0.3 is 28.5 Å². The molecule has 9 nitrogen and oxygen atoms in total. The average molecular weight is 1190 g/mol. The van der Waals surface area contributed by atoms with E-state index in [1.54, 1.807) is 0 Å². The van der Waals surface area contributed by atoms with Gasteiger partial charge in [0.2, 0.25) is 5.91 Å². The van der Waals surface area contributed by atoms with Crippen molar-refractivity contribution in [2.75, 3.05) is 40.9 Å². The standard InChI is InChI=1S/C74H133N2O7P/c1-7-10-13-16-19-22-25-28-30-32-34-35-36-37-38-39-40-41-43-44-46-48-51-54-57-60-63-66-73(77)75-71(70-82-84(79,80)81-69-68-76(4,5)6)72(65-62-59-56-53-50-27-24-21-18-15-12-9-3)83-74(78)67-64-61-58-55-52-49-47-45-42-33-31-29-26-23-20-17-14-11-8-2/h10,13,19,22,28-31,34-35,37-38,40-41,62,65,71-72H,7-9,11-12,14-18,20-21,23-27,32-33,36,39,42-61,63-64,66-70H2,1-6H3,(H-,75,77,79,80)/b13-10-,22-19-,30-28-,31-29+,35-34-,38-37-,41-40-,65-62-. The Morgan fingerprint density at radius 3 is 1.15 bits per heavy atom. The predicted molar refractivity (Wildman–Crippen MR) is 362 cm³/mol. The van der Waals surface area contributed by atoms with E-state index in [1.807, 2.05) is 33.3 Å². The number of hydrogen-bond acceptors (Lipinski definition) is 7. The van der Waals surface area contributed by atoms with Gasteiger partial charge in [0.25, 0.3) is 7.82 Å². The Morgan fingerprint density at radius 2 is 0.762 bits per heavy atom. The summed E-state index contributed by atoms with van der Waals surface area (Å²) in [6, 6.07) is -0.899. The maximum atomic E-state index is 13.6. The van der Waals surface area contributed by atoms with E-state index in [9.17, 15) is 19.0 Å². The third-order valence-corrected chi connectivity index (χ3v) is 16.2. The zero-order valence-electron chi connectivity index (χ0n) is 55.6. The Bertz CT molecular complexity index is 1760. The van der Waals surface area contributed by atoms with Crippen LogP contribution in [0.4, 0.5) is 0 Å². The molecule has 0 aromatic heterocycles. The summed E-state index contributed by atoms with van der Waals surface area (Å²) in [7, 11) is 1.17. The van der Waals surface area contributed by atoms with Crippen LogP contribution in [0, 0.1) is 0 Å². The molecule has 0 rings (SSSR count). The van der Waals surface area contributed by atoms with Gasteiger partial charge in [-0.15, -0.1) is 0 Å². The Labute approximate surface area is 519 Å². The van der Waals surface area contributed by atoms with E-state index in [0.29, 0.717) is 17.4 Å². The van der Waals surface area contributed by atoms with Crippen molar-refractivity contribution in [3.8, 4) is 0 Å². The van der Waals surface area contributed by atoms with E-state index in [-0.39, 0.29) is 24.9 Å². The highest BCUT2D eigenvalue weighted by Gasteiger charge is 2.27. The van der Waals surface area contributed by atoms with Crippen molar-refractivity contribution < 1.29 is 37.3 Å². The topological polar surface area (TPSA) is 114 Å². The number of esters is 1. The van der Waals surface area contributed by atoms with E-state index in [1.165, 1.54) is 167 Å². The Balaban J connectivity index is 5.10. The second-order valence-electron chi connectivity index (χ2n) is 24.6. The van der Waals surface area contributed by atoms with Gasteiger partial charge in [0, 0.05) is 12.8 Å². The third kappa shape index (κ3) is 63.4. The normalized spacial score (nSPS) is 14.1. The number of hydrogen-bond donors (Lipinski definition) is 1. The third-order valence-electron chi connectivity index (χ3n) is 15.2. The fourth-order valence-electron chi connectivity index (χ4n) is 9.87. The van der Waals surface area contributed by atoms with Crippen molar-refractivity contribution in [1.29, 1.82) is 0 Å². The van der Waals surface area contributed by atoms with Crippen LogP contribution in [-0.4, -0.2) is 69.4 Å². The number of allylic oxidation sites excluding steroid dienone is 15. The molecule has 3 atom stereocenters. The molecule has 0 fully saturated rings. The number of carbonyl (C=O) groups is 2. The van der Waals surface area contributed by atoms with Crippen LogP contribution in [0.15, 0.2) is 97.2 Å². The van der Waals surface area contributed by atoms with E-state index in [0.717, 1.165) is 109 Å². The lowest BCUT2D eigenvalue weighted by atomic mass is 10.0. The number of quaternary nitrogens is 1. The second kappa shape index (κ2) is 63.0. The molecular weight excluding hydrogens is 1060 g/mol. The minimum Gasteiger partial charge on any atom is -0.756 e. The summed E-state index contributed by atoms with van der Waals surface area (Å²) in [4.78, 5) is 40.2. The summed E-state index contributed by atoms with van der Waals surface area (Å²) in [5.74, 6) is -0.550. The van der Waals surface area contributed by atoms with Crippen molar-refractivity contribution in [3.63, 3.8) is 0 Å². The lowest BCUT2D eigenvalue weighted by Gasteiger charge is -2.30. The number of nitrogens with zero attached hydrogens (tertiary/aromatic N) is 1. The number of likely N-dealkylation sites (N-methyl/N-ethyl adjacent to an activating group) is 1. The molecule has 84 heavy (non-hydrogen) atoms. The molecule has 3 unspecified atom stereocenters. The molecular formula is C74H133N2O7P. The van der Waals surface area contributed by atoms with Gasteiger partial charge in [-0.3, -0.25) is 14.2 Å². The zero-order chi connectivity index (χ0) is 61.4. The molecule has 486 valence electrons. The second-order valence-corrected chi connectivity index (χ2v) is 26.1. The van der Waals surface area contributed by atoms with Gasteiger partial charge >= 0.3 is 5.97 Å². The number of ether oxygens (including phenoxy) is 1. The predicted octanol–water partition coefficient (Wildman–Crippen LogP) is 21.7. The van der Waals surface area contributed by atoms with Crippen molar-refractivity contribution in [2.45, 2.75) is 322 Å². The first-order valence-electron chi connectivity index (χ1n) is 35.0. The fourth-order valence-corrected chi connectivity index (χ4v) is 10.6. The first-order chi connectivity index (χ1) is 40.9. The summed E-state index contributed by atoms with van der Waals surface area (Å²) in [5, 5.41) is 3.04. The van der Waals surface area contributed by atoms with Gasteiger partial charge in [0.1, 0.15) is 19.3 Å². The van der Waals surface area contributed by atoms with Crippen LogP contribution in [-0.2, 0) is 27.9 Å². The molecule has 0 saturated heterocycles. The molecule has 0 radical (unpaired) electrons. The van der Waals surface area contributed by atoms with Gasteiger partial charge in [0.15, 0.2) is 0 Å². The number of rotatable bonds is 63. The first-order valence-corrected chi connectivity index (χ1v) is 36.5. The van der Waals surface area contributed by atoms with Crippen LogP contribution >= 0.6 is 7.82 Å². The van der Waals surface area contributed by atoms with E-state index < -0.39 is 26.6 Å². The van der Waals surface area contributed by atoms with Crippen molar-refractivity contribution in [2.24, 2.45) is 0 Å². The summed E-state index contributed by atoms with van der Waals surface area (Å²) >= 11 is 0. The van der Waals surface area contributed by atoms with Gasteiger partial charge in [0.05, 0.1) is 33.8 Å². The molecule has 0 bridgehead atoms. The van der Waals surface area contributed by atoms with Gasteiger partial charge in [-0.2, -0.15) is 0 Å². The quantitative estimate of drug-likeness (QED) is 0.0212. The number of nitrogens with one attached hydrogen (secondary N) is 1. The smallest absolute Gasteiger partial charge is 0.306 e. The SMILES string of the molecule is CC/C=C\C/C=C\C/C=C\C/C=C\C/C=C\C/C=C\CCCCCCCCCCC(=O)NC(COP(=O)([O-])OCC[N+](C)(C)C)C(/C=C\CCCCCCCCCCCC)OC(=O)CCCCCCCCCCC/C=C/CCCCCCCC. The van der Waals surface area contributed by atoms with Crippen LogP contribution in [0.25, 0.3) is 0 Å². The molecule has 0 spiro atoms. The van der Waals surface area contributed by atoms with Crippen LogP contribution in [0.2, 0.25) is 0 Å². The minimum atomic E-state index is -4.71. The summed E-state index contributed by atoms with van der Waals surface area (Å²) in [6.07, 6.45) is 85.2. The highest BCUT2D eigenvalue weighted by Crippen LogP contribution is 2.38. The zero-order valence-corrected chi connectivity index (χ0v) is 56.5. The molecule has 1 amide bonds. The molecule has 0 aliphatic rings. The van der Waals surface area contributed by atoms with E-state index in [4.69, 9.17) is 13.8 Å². The summed E-state index contributed by atoms with van der Waals surface area (Å²) in [5.41, 5.74) is 0. The highest BCUT2D eigenvalue weighted by atomic mass is 31.2. The van der Waals surface area contributed by atoms with E-state index in [2.05, 4.69) is 111 Å². The Hall–Kier alpha value is -3.07. The molecule has 0 aromatic rings. The van der Waals surface area contributed by atoms with Crippen LogP contribution in [0.1, 0.15) is 310 Å².